The van der Waals surface area contributed by atoms with Gasteiger partial charge in [-0.3, -0.25) is 0 Å². The third-order valence-electron chi connectivity index (χ3n) is 5.13. The van der Waals surface area contributed by atoms with Crippen molar-refractivity contribution >= 4 is 11.9 Å². The second kappa shape index (κ2) is 8.18. The van der Waals surface area contributed by atoms with E-state index in [1.165, 1.54) is 11.1 Å². The second-order valence-electron chi connectivity index (χ2n) is 7.13. The number of hydrogen-bond donors (Lipinski definition) is 0. The molecule has 3 heteroatoms. The van der Waals surface area contributed by atoms with Crippen LogP contribution < -0.4 is 4.74 Å². The Labute approximate surface area is 176 Å². The summed E-state index contributed by atoms with van der Waals surface area (Å²) < 4.78 is 5.91. The first-order chi connectivity index (χ1) is 14.9. The van der Waals surface area contributed by atoms with Crippen LogP contribution in [0.1, 0.15) is 22.3 Å². The van der Waals surface area contributed by atoms with Gasteiger partial charge in [0.05, 0.1) is 6.21 Å². The Morgan fingerprint density at radius 3 is 1.97 bits per heavy atom. The summed E-state index contributed by atoms with van der Waals surface area (Å²) in [7, 11) is 0. The van der Waals surface area contributed by atoms with Gasteiger partial charge in [-0.2, -0.15) is 5.10 Å². The van der Waals surface area contributed by atoms with E-state index in [0.717, 1.165) is 33.7 Å². The summed E-state index contributed by atoms with van der Waals surface area (Å²) >= 11 is 0. The molecule has 30 heavy (non-hydrogen) atoms. The highest BCUT2D eigenvalue weighted by atomic mass is 16.5. The van der Waals surface area contributed by atoms with Crippen molar-refractivity contribution in [2.45, 2.75) is 6.61 Å². The molecule has 1 aliphatic rings. The van der Waals surface area contributed by atoms with E-state index in [9.17, 15) is 0 Å². The van der Waals surface area contributed by atoms with Crippen LogP contribution in [0.15, 0.2) is 113 Å². The van der Waals surface area contributed by atoms with Crippen molar-refractivity contribution in [3.8, 4) is 16.9 Å². The Morgan fingerprint density at radius 2 is 1.27 bits per heavy atom. The standard InChI is InChI=1S/C27H20N2O/c1-2-9-20(10-3-1)19-30-22-12-8-11-21(17-22)18-28-29-27-25-15-6-4-13-23(25)24-14-5-7-16-26(24)27/h1-18H,19H2/b28-18-. The summed E-state index contributed by atoms with van der Waals surface area (Å²) in [4.78, 5) is 0. The largest absolute Gasteiger partial charge is 0.489 e. The van der Waals surface area contributed by atoms with Crippen molar-refractivity contribution in [1.82, 2.24) is 0 Å². The number of nitrogens with zero attached hydrogens (tertiary/aromatic N) is 2. The van der Waals surface area contributed by atoms with Crippen LogP contribution in [0.3, 0.4) is 0 Å². The highest BCUT2D eigenvalue weighted by molar-refractivity contribution is 6.24. The van der Waals surface area contributed by atoms with E-state index in [-0.39, 0.29) is 0 Å². The van der Waals surface area contributed by atoms with Crippen molar-refractivity contribution in [3.63, 3.8) is 0 Å². The quantitative estimate of drug-likeness (QED) is 0.264. The van der Waals surface area contributed by atoms with E-state index in [1.54, 1.807) is 6.21 Å². The lowest BCUT2D eigenvalue weighted by Gasteiger charge is -2.06. The lowest BCUT2D eigenvalue weighted by atomic mass is 10.1. The number of hydrogen-bond acceptors (Lipinski definition) is 3. The van der Waals surface area contributed by atoms with E-state index in [0.29, 0.717) is 6.61 Å². The molecule has 3 nitrogen and oxygen atoms in total. The Kier molecular flexibility index (Phi) is 4.93. The predicted octanol–water partition coefficient (Wildman–Crippen LogP) is 6.12. The van der Waals surface area contributed by atoms with E-state index >= 15 is 0 Å². The molecule has 4 aromatic rings. The average Bonchev–Trinajstić information content (AvgIpc) is 3.13. The predicted molar refractivity (Wildman–Crippen MR) is 122 cm³/mol. The molecule has 0 amide bonds. The number of benzene rings is 4. The van der Waals surface area contributed by atoms with Crippen LogP contribution in [0.2, 0.25) is 0 Å². The molecule has 0 atom stereocenters. The molecule has 0 saturated heterocycles. The second-order valence-corrected chi connectivity index (χ2v) is 7.13. The van der Waals surface area contributed by atoms with E-state index in [1.807, 2.05) is 54.6 Å². The molecule has 0 N–H and O–H groups in total. The topological polar surface area (TPSA) is 34.0 Å². The maximum Gasteiger partial charge on any atom is 0.120 e. The van der Waals surface area contributed by atoms with Gasteiger partial charge in [-0.1, -0.05) is 91.0 Å². The van der Waals surface area contributed by atoms with Gasteiger partial charge in [-0.05, 0) is 34.4 Å². The first-order valence-corrected chi connectivity index (χ1v) is 9.95. The molecule has 0 bridgehead atoms. The zero-order valence-electron chi connectivity index (χ0n) is 16.4. The van der Waals surface area contributed by atoms with Gasteiger partial charge in [0.15, 0.2) is 0 Å². The van der Waals surface area contributed by atoms with E-state index < -0.39 is 0 Å². The van der Waals surface area contributed by atoms with Gasteiger partial charge >= 0.3 is 0 Å². The Balaban J connectivity index is 1.37. The highest BCUT2D eigenvalue weighted by Gasteiger charge is 2.23. The summed E-state index contributed by atoms with van der Waals surface area (Å²) in [6.45, 7) is 0.539. The van der Waals surface area contributed by atoms with E-state index in [4.69, 9.17) is 4.74 Å². The van der Waals surface area contributed by atoms with Crippen LogP contribution >= 0.6 is 0 Å². The molecule has 0 heterocycles. The minimum absolute atomic E-state index is 0.539. The first kappa shape index (κ1) is 18.1. The Bertz CT molecular complexity index is 1190. The van der Waals surface area contributed by atoms with Gasteiger partial charge in [0.25, 0.3) is 0 Å². The van der Waals surface area contributed by atoms with Crippen LogP contribution in [0, 0.1) is 0 Å². The number of ether oxygens (including phenoxy) is 1. The van der Waals surface area contributed by atoms with Crippen molar-refractivity contribution in [2.75, 3.05) is 0 Å². The van der Waals surface area contributed by atoms with Crippen molar-refractivity contribution < 1.29 is 4.74 Å². The molecule has 5 rings (SSSR count). The Hall–Kier alpha value is -3.98. The summed E-state index contributed by atoms with van der Waals surface area (Å²) in [5.74, 6) is 0.812. The third kappa shape index (κ3) is 3.65. The molecular formula is C27H20N2O. The fourth-order valence-electron chi connectivity index (χ4n) is 3.68. The van der Waals surface area contributed by atoms with Crippen molar-refractivity contribution in [1.29, 1.82) is 0 Å². The Morgan fingerprint density at radius 1 is 0.633 bits per heavy atom. The fourth-order valence-corrected chi connectivity index (χ4v) is 3.68. The van der Waals surface area contributed by atoms with Crippen molar-refractivity contribution in [3.05, 3.63) is 125 Å². The van der Waals surface area contributed by atoms with Crippen LogP contribution in [0.4, 0.5) is 0 Å². The normalized spacial score (nSPS) is 11.9. The molecule has 0 saturated carbocycles. The van der Waals surface area contributed by atoms with Crippen LogP contribution in [-0.4, -0.2) is 11.9 Å². The summed E-state index contributed by atoms with van der Waals surface area (Å²) in [6, 6.07) is 34.7. The first-order valence-electron chi connectivity index (χ1n) is 9.95. The highest BCUT2D eigenvalue weighted by Crippen LogP contribution is 2.36. The fraction of sp³-hybridized carbons (Fsp3) is 0.0370. The number of fused-ring (bicyclic) bond motifs is 3. The average molecular weight is 388 g/mol. The molecule has 4 aromatic carbocycles. The number of rotatable bonds is 5. The van der Waals surface area contributed by atoms with Gasteiger partial charge in [0, 0.05) is 11.1 Å². The molecular weight excluding hydrogens is 368 g/mol. The van der Waals surface area contributed by atoms with Crippen LogP contribution in [0.5, 0.6) is 5.75 Å². The molecule has 0 radical (unpaired) electrons. The van der Waals surface area contributed by atoms with Gasteiger partial charge in [-0.15, -0.1) is 5.10 Å². The molecule has 144 valence electrons. The summed E-state index contributed by atoms with van der Waals surface area (Å²) in [6.07, 6.45) is 1.77. The molecule has 0 aliphatic heterocycles. The molecule has 0 unspecified atom stereocenters. The lowest BCUT2D eigenvalue weighted by Crippen LogP contribution is -1.97. The van der Waals surface area contributed by atoms with Crippen molar-refractivity contribution in [2.24, 2.45) is 10.2 Å². The molecule has 0 fully saturated rings. The summed E-state index contributed by atoms with van der Waals surface area (Å²) in [5.41, 5.74) is 7.66. The SMILES string of the molecule is C(=N/N=C1c2ccccc2-c2ccccc21)/c1cccc(OCc2ccccc2)c1. The smallest absolute Gasteiger partial charge is 0.120 e. The zero-order valence-corrected chi connectivity index (χ0v) is 16.4. The van der Waals surface area contributed by atoms with Gasteiger partial charge in [0.2, 0.25) is 0 Å². The molecule has 1 aliphatic carbocycles. The van der Waals surface area contributed by atoms with E-state index in [2.05, 4.69) is 58.7 Å². The zero-order chi connectivity index (χ0) is 20.2. The van der Waals surface area contributed by atoms with Crippen LogP contribution in [0.25, 0.3) is 11.1 Å². The van der Waals surface area contributed by atoms with Gasteiger partial charge in [-0.25, -0.2) is 0 Å². The lowest BCUT2D eigenvalue weighted by molar-refractivity contribution is 0.306. The molecule has 0 aromatic heterocycles. The maximum absolute atomic E-state index is 5.91. The van der Waals surface area contributed by atoms with Crippen LogP contribution in [-0.2, 0) is 6.61 Å². The van der Waals surface area contributed by atoms with Gasteiger partial charge < -0.3 is 4.74 Å². The molecule has 0 spiro atoms. The minimum Gasteiger partial charge on any atom is -0.489 e. The third-order valence-corrected chi connectivity index (χ3v) is 5.13. The van der Waals surface area contributed by atoms with Gasteiger partial charge in [0.1, 0.15) is 18.1 Å². The maximum atomic E-state index is 5.91. The minimum atomic E-state index is 0.539. The summed E-state index contributed by atoms with van der Waals surface area (Å²) in [5, 5.41) is 8.96. The monoisotopic (exact) mass is 388 g/mol.